The molecule has 4 rings (SSSR count). The number of aryl methyl sites for hydroxylation is 1. The van der Waals surface area contributed by atoms with Crippen LogP contribution >= 0.6 is 15.9 Å². The van der Waals surface area contributed by atoms with E-state index in [4.69, 9.17) is 14.2 Å². The molecule has 0 saturated heterocycles. The van der Waals surface area contributed by atoms with Crippen LogP contribution in [0.3, 0.4) is 0 Å². The summed E-state index contributed by atoms with van der Waals surface area (Å²) in [5.41, 5.74) is 2.95. The number of hydrogen-bond acceptors (Lipinski definition) is 4. The molecule has 0 atom stereocenters. The summed E-state index contributed by atoms with van der Waals surface area (Å²) in [6.07, 6.45) is 0. The zero-order valence-electron chi connectivity index (χ0n) is 13.3. The highest BCUT2D eigenvalue weighted by Gasteiger charge is 2.23. The molecule has 1 aliphatic heterocycles. The second-order valence-electron chi connectivity index (χ2n) is 5.65. The lowest BCUT2D eigenvalue weighted by atomic mass is 10.2. The normalized spacial score (nSPS) is 13.4. The van der Waals surface area contributed by atoms with Crippen molar-refractivity contribution in [3.63, 3.8) is 0 Å². The molecule has 0 radical (unpaired) electrons. The van der Waals surface area contributed by atoms with E-state index in [1.807, 2.05) is 48.0 Å². The first kappa shape index (κ1) is 15.5. The van der Waals surface area contributed by atoms with Crippen molar-refractivity contribution in [2.24, 2.45) is 7.05 Å². The van der Waals surface area contributed by atoms with E-state index in [1.165, 1.54) is 0 Å². The van der Waals surface area contributed by atoms with Gasteiger partial charge >= 0.3 is 0 Å². The van der Waals surface area contributed by atoms with Gasteiger partial charge in [0.15, 0.2) is 11.5 Å². The topological polar surface area (TPSA) is 45.5 Å². The fraction of sp³-hybridized carbons (Fsp3) is 0.278. The van der Waals surface area contributed by atoms with Gasteiger partial charge in [-0.2, -0.15) is 0 Å². The molecule has 5 nitrogen and oxygen atoms in total. The van der Waals surface area contributed by atoms with Crippen LogP contribution in [-0.2, 0) is 25.0 Å². The maximum atomic E-state index is 5.83. The summed E-state index contributed by atoms with van der Waals surface area (Å²) in [4.78, 5) is 4.68. The number of imidazole rings is 1. The molecule has 0 unspecified atom stereocenters. The van der Waals surface area contributed by atoms with Crippen molar-refractivity contribution in [1.82, 2.24) is 9.55 Å². The third-order valence-electron chi connectivity index (χ3n) is 4.04. The summed E-state index contributed by atoms with van der Waals surface area (Å²) in [6, 6.07) is 12.1. The molecule has 0 spiro atoms. The average Bonchev–Trinajstić information content (AvgIpc) is 2.92. The number of ether oxygens (including phenoxy) is 3. The van der Waals surface area contributed by atoms with E-state index in [9.17, 15) is 0 Å². The number of hydrogen-bond donors (Lipinski definition) is 0. The van der Waals surface area contributed by atoms with Crippen LogP contribution in [0.1, 0.15) is 11.4 Å². The maximum Gasteiger partial charge on any atom is 0.188 e. The largest absolute Gasteiger partial charge is 0.485 e. The quantitative estimate of drug-likeness (QED) is 0.681. The van der Waals surface area contributed by atoms with Crippen LogP contribution in [0.25, 0.3) is 11.0 Å². The lowest BCUT2D eigenvalue weighted by molar-refractivity contribution is 0.100. The van der Waals surface area contributed by atoms with Crippen molar-refractivity contribution in [2.45, 2.75) is 13.2 Å². The van der Waals surface area contributed by atoms with Crippen molar-refractivity contribution in [3.05, 3.63) is 52.3 Å². The summed E-state index contributed by atoms with van der Waals surface area (Å²) in [6.45, 7) is 2.10. The van der Waals surface area contributed by atoms with Gasteiger partial charge in [-0.1, -0.05) is 30.3 Å². The van der Waals surface area contributed by atoms with Crippen LogP contribution < -0.4 is 9.47 Å². The molecule has 6 heteroatoms. The first-order valence-electron chi connectivity index (χ1n) is 7.79. The predicted molar refractivity (Wildman–Crippen MR) is 94.3 cm³/mol. The van der Waals surface area contributed by atoms with Gasteiger partial charge in [-0.05, 0) is 27.6 Å². The van der Waals surface area contributed by atoms with E-state index >= 15 is 0 Å². The molecule has 1 aromatic heterocycles. The molecule has 2 aromatic carbocycles. The Bertz CT molecular complexity index is 877. The van der Waals surface area contributed by atoms with E-state index in [-0.39, 0.29) is 0 Å². The molecule has 124 valence electrons. The highest BCUT2D eigenvalue weighted by atomic mass is 79.9. The minimum absolute atomic E-state index is 0.438. The van der Waals surface area contributed by atoms with E-state index < -0.39 is 0 Å². The Morgan fingerprint density at radius 3 is 2.67 bits per heavy atom. The summed E-state index contributed by atoms with van der Waals surface area (Å²) in [5.74, 6) is 2.35. The van der Waals surface area contributed by atoms with Crippen molar-refractivity contribution in [3.8, 4) is 11.5 Å². The monoisotopic (exact) mass is 388 g/mol. The van der Waals surface area contributed by atoms with E-state index in [1.54, 1.807) is 0 Å². The van der Waals surface area contributed by atoms with Gasteiger partial charge in [-0.3, -0.25) is 0 Å². The minimum Gasteiger partial charge on any atom is -0.485 e. The highest BCUT2D eigenvalue weighted by molar-refractivity contribution is 9.10. The summed E-state index contributed by atoms with van der Waals surface area (Å²) in [7, 11) is 1.97. The van der Waals surface area contributed by atoms with Crippen LogP contribution in [0.5, 0.6) is 11.5 Å². The molecule has 24 heavy (non-hydrogen) atoms. The van der Waals surface area contributed by atoms with Crippen LogP contribution in [0, 0.1) is 0 Å². The van der Waals surface area contributed by atoms with E-state index in [2.05, 4.69) is 20.9 Å². The van der Waals surface area contributed by atoms with Crippen LogP contribution in [0.4, 0.5) is 0 Å². The lowest BCUT2D eigenvalue weighted by Crippen LogP contribution is -2.16. The Labute approximate surface area is 148 Å². The molecule has 0 amide bonds. The standard InChI is InChI=1S/C18H17BrN2O3/c1-21-15(11-22-10-12-5-3-2-4-6-12)20-14-9-13(19)17-18(16(14)21)24-8-7-23-17/h2-6,9H,7-8,10-11H2,1H3. The Hall–Kier alpha value is -2.05. The van der Waals surface area contributed by atoms with Gasteiger partial charge in [-0.25, -0.2) is 4.98 Å². The van der Waals surface area contributed by atoms with E-state index in [0.717, 1.165) is 38.4 Å². The van der Waals surface area contributed by atoms with Crippen molar-refractivity contribution in [2.75, 3.05) is 13.2 Å². The smallest absolute Gasteiger partial charge is 0.188 e. The predicted octanol–water partition coefficient (Wildman–Crippen LogP) is 3.82. The summed E-state index contributed by atoms with van der Waals surface area (Å²) >= 11 is 3.53. The van der Waals surface area contributed by atoms with Crippen LogP contribution in [0.15, 0.2) is 40.9 Å². The first-order valence-corrected chi connectivity index (χ1v) is 8.58. The molecule has 0 saturated carbocycles. The van der Waals surface area contributed by atoms with Gasteiger partial charge in [0.2, 0.25) is 0 Å². The number of rotatable bonds is 4. The molecule has 0 aliphatic carbocycles. The van der Waals surface area contributed by atoms with Gasteiger partial charge in [-0.15, -0.1) is 0 Å². The maximum absolute atomic E-state index is 5.83. The third-order valence-corrected chi connectivity index (χ3v) is 4.62. The Morgan fingerprint density at radius 2 is 1.88 bits per heavy atom. The molecule has 0 bridgehead atoms. The number of nitrogens with zero attached hydrogens (tertiary/aromatic N) is 2. The second-order valence-corrected chi connectivity index (χ2v) is 6.50. The third kappa shape index (κ3) is 2.76. The molecule has 3 aromatic rings. The number of benzene rings is 2. The van der Waals surface area contributed by atoms with Crippen molar-refractivity contribution < 1.29 is 14.2 Å². The molecule has 0 N–H and O–H groups in total. The number of aromatic nitrogens is 2. The lowest BCUT2D eigenvalue weighted by Gasteiger charge is -2.20. The van der Waals surface area contributed by atoms with Crippen molar-refractivity contribution in [1.29, 1.82) is 0 Å². The molecule has 2 heterocycles. The van der Waals surface area contributed by atoms with Gasteiger partial charge in [0.25, 0.3) is 0 Å². The zero-order chi connectivity index (χ0) is 16.5. The Morgan fingerprint density at radius 1 is 1.12 bits per heavy atom. The average molecular weight is 389 g/mol. The minimum atomic E-state index is 0.438. The van der Waals surface area contributed by atoms with Crippen molar-refractivity contribution >= 4 is 27.0 Å². The van der Waals surface area contributed by atoms with Gasteiger partial charge in [0.05, 0.1) is 16.6 Å². The number of fused-ring (bicyclic) bond motifs is 3. The zero-order valence-corrected chi connectivity index (χ0v) is 14.9. The Kier molecular flexibility index (Phi) is 4.16. The first-order chi connectivity index (χ1) is 11.7. The SMILES string of the molecule is Cn1c(COCc2ccccc2)nc2cc(Br)c3c(c21)OCCO3. The van der Waals surface area contributed by atoms with Gasteiger partial charge in [0.1, 0.15) is 31.2 Å². The van der Waals surface area contributed by atoms with Gasteiger partial charge < -0.3 is 18.8 Å². The van der Waals surface area contributed by atoms with Crippen LogP contribution in [0.2, 0.25) is 0 Å². The molecule has 0 fully saturated rings. The molecule has 1 aliphatic rings. The summed E-state index contributed by atoms with van der Waals surface area (Å²) < 4.78 is 20.2. The fourth-order valence-corrected chi connectivity index (χ4v) is 3.37. The Balaban J connectivity index is 1.61. The molecular weight excluding hydrogens is 372 g/mol. The molecular formula is C18H17BrN2O3. The fourth-order valence-electron chi connectivity index (χ4n) is 2.86. The van der Waals surface area contributed by atoms with Gasteiger partial charge in [0, 0.05) is 7.05 Å². The highest BCUT2D eigenvalue weighted by Crippen LogP contribution is 2.43. The second kappa shape index (κ2) is 6.45. The summed E-state index contributed by atoms with van der Waals surface area (Å²) in [5, 5.41) is 0. The van der Waals surface area contributed by atoms with Crippen LogP contribution in [-0.4, -0.2) is 22.8 Å². The number of halogens is 1. The van der Waals surface area contributed by atoms with E-state index in [0.29, 0.717) is 26.4 Å².